The molecule has 0 aromatic rings. The van der Waals surface area contributed by atoms with Gasteiger partial charge < -0.3 is 4.90 Å². The first-order valence-corrected chi connectivity index (χ1v) is 7.38. The topological polar surface area (TPSA) is 20.3 Å². The van der Waals surface area contributed by atoms with E-state index in [9.17, 15) is 4.79 Å². The molecule has 1 heterocycles. The van der Waals surface area contributed by atoms with Crippen molar-refractivity contribution in [1.29, 1.82) is 0 Å². The van der Waals surface area contributed by atoms with E-state index in [4.69, 9.17) is 11.6 Å². The number of nitrogens with zero attached hydrogens (tertiary/aromatic N) is 1. The number of piperidine rings is 1. The lowest BCUT2D eigenvalue weighted by molar-refractivity contribution is -0.133. The largest absolute Gasteiger partial charge is 0.330 e. The maximum Gasteiger partial charge on any atom is 0.223 e. The third kappa shape index (κ3) is 2.23. The van der Waals surface area contributed by atoms with Crippen LogP contribution < -0.4 is 0 Å². The molecule has 1 amide bonds. The molecule has 0 aliphatic carbocycles. The lowest BCUT2D eigenvalue weighted by atomic mass is 10.1. The lowest BCUT2D eigenvalue weighted by Gasteiger charge is -2.32. The molecule has 1 saturated heterocycles. The Kier molecular flexibility index (Phi) is 3.59. The van der Waals surface area contributed by atoms with Crippen molar-refractivity contribution >= 4 is 26.3 Å². The van der Waals surface area contributed by atoms with Gasteiger partial charge in [0.25, 0.3) is 0 Å². The molecule has 0 aromatic carbocycles. The highest BCUT2D eigenvalue weighted by molar-refractivity contribution is 6.67. The van der Waals surface area contributed by atoms with Gasteiger partial charge >= 0.3 is 0 Å². The van der Waals surface area contributed by atoms with Gasteiger partial charge in [-0.1, -0.05) is 13.1 Å². The summed E-state index contributed by atoms with van der Waals surface area (Å²) in [6.07, 6.45) is 2.84. The molecule has 1 atom stereocenters. The highest BCUT2D eigenvalue weighted by atomic mass is 35.5. The number of amides is 1. The fourth-order valence-corrected chi connectivity index (χ4v) is 2.48. The van der Waals surface area contributed by atoms with Gasteiger partial charge in [0, 0.05) is 13.0 Å². The van der Waals surface area contributed by atoms with Crippen LogP contribution in [-0.4, -0.2) is 31.3 Å². The predicted octanol–water partition coefficient (Wildman–Crippen LogP) is 1.86. The highest BCUT2D eigenvalue weighted by Crippen LogP contribution is 2.17. The number of alkyl halides is 1. The third-order valence-electron chi connectivity index (χ3n) is 2.11. The summed E-state index contributed by atoms with van der Waals surface area (Å²) in [4.78, 5) is 13.2. The lowest BCUT2D eigenvalue weighted by Crippen LogP contribution is -2.46. The minimum Gasteiger partial charge on any atom is -0.330 e. The summed E-state index contributed by atoms with van der Waals surface area (Å²) < 4.78 is 0. The molecule has 1 unspecified atom stereocenters. The number of carbonyl (C=O) groups excluding carboxylic acids is 1. The highest BCUT2D eigenvalue weighted by Gasteiger charge is 2.26. The van der Waals surface area contributed by atoms with Crippen LogP contribution in [0.3, 0.4) is 0 Å². The number of rotatable bonds is 2. The molecule has 0 N–H and O–H groups in total. The fraction of sp³-hybridized carbons (Fsp3) is 0.875. The van der Waals surface area contributed by atoms with Crippen LogP contribution >= 0.6 is 11.6 Å². The third-order valence-corrected chi connectivity index (χ3v) is 4.92. The first-order chi connectivity index (χ1) is 5.63. The van der Waals surface area contributed by atoms with Crippen LogP contribution in [0.4, 0.5) is 0 Å². The molecule has 0 aromatic heterocycles. The summed E-state index contributed by atoms with van der Waals surface area (Å²) in [7, 11) is -0.573. The minimum atomic E-state index is -0.573. The Hall–Kier alpha value is -0.0231. The average molecular weight is 205 g/mol. The van der Waals surface area contributed by atoms with Gasteiger partial charge in [-0.25, -0.2) is 0 Å². The van der Waals surface area contributed by atoms with Crippen molar-refractivity contribution in [3.05, 3.63) is 0 Å². The van der Waals surface area contributed by atoms with Crippen molar-refractivity contribution in [3.8, 4) is 0 Å². The van der Waals surface area contributed by atoms with Crippen LogP contribution in [0.25, 0.3) is 0 Å². The van der Waals surface area contributed by atoms with Gasteiger partial charge in [-0.3, -0.25) is 4.79 Å². The predicted molar refractivity (Wildman–Crippen MR) is 52.7 cm³/mol. The Bertz CT molecular complexity index is 174. The number of halogens is 1. The van der Waals surface area contributed by atoms with Crippen molar-refractivity contribution in [3.63, 3.8) is 0 Å². The molecular weight excluding hydrogens is 190 g/mol. The van der Waals surface area contributed by atoms with E-state index in [0.717, 1.165) is 19.4 Å². The molecule has 1 radical (unpaired) electrons. The summed E-state index contributed by atoms with van der Waals surface area (Å²) >= 11 is 6.14. The molecule has 1 fully saturated rings. The van der Waals surface area contributed by atoms with Crippen LogP contribution in [0.15, 0.2) is 0 Å². The zero-order valence-electron chi connectivity index (χ0n) is 7.64. The number of likely N-dealkylation sites (tertiary alicyclic amines) is 1. The summed E-state index contributed by atoms with van der Waals surface area (Å²) in [5.41, 5.74) is 0. The zero-order chi connectivity index (χ0) is 9.14. The second kappa shape index (κ2) is 4.28. The van der Waals surface area contributed by atoms with E-state index in [-0.39, 0.29) is 11.0 Å². The molecule has 1 aliphatic rings. The SMILES string of the molecule is C[Si](C)C(Cl)N1CCCCC1=O. The van der Waals surface area contributed by atoms with E-state index in [1.54, 1.807) is 0 Å². The summed E-state index contributed by atoms with van der Waals surface area (Å²) in [6.45, 7) is 5.15. The van der Waals surface area contributed by atoms with Gasteiger partial charge in [0.1, 0.15) is 0 Å². The Labute approximate surface area is 80.5 Å². The van der Waals surface area contributed by atoms with Crippen molar-refractivity contribution in [2.45, 2.75) is 37.5 Å². The second-order valence-corrected chi connectivity index (χ2v) is 6.94. The van der Waals surface area contributed by atoms with Crippen LogP contribution in [0.2, 0.25) is 13.1 Å². The Morgan fingerprint density at radius 3 is 2.67 bits per heavy atom. The first-order valence-electron chi connectivity index (χ1n) is 4.36. The number of hydrogen-bond acceptors (Lipinski definition) is 1. The molecular formula is C8H15ClNOSi. The van der Waals surface area contributed by atoms with Crippen molar-refractivity contribution in [2.75, 3.05) is 6.54 Å². The van der Waals surface area contributed by atoms with E-state index in [0.29, 0.717) is 6.42 Å². The van der Waals surface area contributed by atoms with Gasteiger partial charge in [0.2, 0.25) is 5.91 Å². The van der Waals surface area contributed by atoms with E-state index >= 15 is 0 Å². The quantitative estimate of drug-likeness (QED) is 0.382. The van der Waals surface area contributed by atoms with Gasteiger partial charge in [0.15, 0.2) is 0 Å². The molecule has 1 aliphatic heterocycles. The van der Waals surface area contributed by atoms with Crippen molar-refractivity contribution in [1.82, 2.24) is 4.90 Å². The maximum atomic E-state index is 11.4. The van der Waals surface area contributed by atoms with Crippen LogP contribution in [0, 0.1) is 0 Å². The number of hydrogen-bond donors (Lipinski definition) is 0. The minimum absolute atomic E-state index is 0.0113. The smallest absolute Gasteiger partial charge is 0.223 e. The zero-order valence-corrected chi connectivity index (χ0v) is 9.40. The standard InChI is InChI=1S/C8H15ClNOSi/c1-12(2)8(9)10-6-4-3-5-7(10)11/h8H,3-6H2,1-2H3. The summed E-state index contributed by atoms with van der Waals surface area (Å²) in [6, 6.07) is 0. The molecule has 69 valence electrons. The van der Waals surface area contributed by atoms with Gasteiger partial charge in [0.05, 0.1) is 13.9 Å². The van der Waals surface area contributed by atoms with Gasteiger partial charge in [-0.2, -0.15) is 0 Å². The van der Waals surface area contributed by atoms with E-state index in [1.165, 1.54) is 0 Å². The van der Waals surface area contributed by atoms with Gasteiger partial charge in [-0.05, 0) is 12.8 Å². The Balaban J connectivity index is 2.53. The molecule has 1 rings (SSSR count). The maximum absolute atomic E-state index is 11.4. The second-order valence-electron chi connectivity index (χ2n) is 3.46. The first kappa shape index (κ1) is 10.1. The van der Waals surface area contributed by atoms with E-state index in [2.05, 4.69) is 13.1 Å². The molecule has 0 saturated carbocycles. The molecule has 0 spiro atoms. The van der Waals surface area contributed by atoms with Crippen LogP contribution in [0.1, 0.15) is 19.3 Å². The van der Waals surface area contributed by atoms with Gasteiger partial charge in [-0.15, -0.1) is 11.6 Å². The average Bonchev–Trinajstić information content (AvgIpc) is 2.04. The Morgan fingerprint density at radius 1 is 1.50 bits per heavy atom. The fourth-order valence-electron chi connectivity index (χ4n) is 1.38. The summed E-state index contributed by atoms with van der Waals surface area (Å²) in [5, 5.41) is -0.0113. The molecule has 2 nitrogen and oxygen atoms in total. The van der Waals surface area contributed by atoms with Crippen LogP contribution in [-0.2, 0) is 4.79 Å². The molecule has 12 heavy (non-hydrogen) atoms. The van der Waals surface area contributed by atoms with E-state index in [1.807, 2.05) is 4.90 Å². The van der Waals surface area contributed by atoms with E-state index < -0.39 is 8.80 Å². The van der Waals surface area contributed by atoms with Crippen LogP contribution in [0.5, 0.6) is 0 Å². The Morgan fingerprint density at radius 2 is 2.17 bits per heavy atom. The number of carbonyl (C=O) groups is 1. The monoisotopic (exact) mass is 204 g/mol. The molecule has 4 heteroatoms. The normalized spacial score (nSPS) is 21.7. The summed E-state index contributed by atoms with van der Waals surface area (Å²) in [5.74, 6) is 0.243. The molecule has 0 bridgehead atoms. The van der Waals surface area contributed by atoms with Crippen molar-refractivity contribution in [2.24, 2.45) is 0 Å². The van der Waals surface area contributed by atoms with Crippen molar-refractivity contribution < 1.29 is 4.79 Å².